The molecule has 2 amide bonds. The van der Waals surface area contributed by atoms with Gasteiger partial charge < -0.3 is 14.7 Å². The minimum absolute atomic E-state index is 0.0498. The van der Waals surface area contributed by atoms with Crippen LogP contribution in [0.1, 0.15) is 21.5 Å². The monoisotopic (exact) mass is 503 g/mol. The van der Waals surface area contributed by atoms with E-state index in [-0.39, 0.29) is 11.8 Å². The Labute approximate surface area is 215 Å². The number of nitrogens with zero attached hydrogens (tertiary/aromatic N) is 3. The first-order chi connectivity index (χ1) is 17.0. The maximum absolute atomic E-state index is 13.5. The third-order valence-corrected chi connectivity index (χ3v) is 7.62. The maximum atomic E-state index is 13.5. The minimum Gasteiger partial charge on any atom is -0.336 e. The van der Waals surface area contributed by atoms with Crippen molar-refractivity contribution in [3.05, 3.63) is 99.4 Å². The molecular formula is C28H26ClN3O2S. The quantitative estimate of drug-likeness (QED) is 0.447. The zero-order valence-corrected chi connectivity index (χ0v) is 21.1. The predicted molar refractivity (Wildman–Crippen MR) is 143 cm³/mol. The molecule has 0 radical (unpaired) electrons. The van der Waals surface area contributed by atoms with Crippen molar-refractivity contribution in [3.63, 3.8) is 0 Å². The second-order valence-electron chi connectivity index (χ2n) is 8.82. The molecular weight excluding hydrogens is 478 g/mol. The highest BCUT2D eigenvalue weighted by Gasteiger charge is 2.29. The highest BCUT2D eigenvalue weighted by Crippen LogP contribution is 2.42. The van der Waals surface area contributed by atoms with Gasteiger partial charge >= 0.3 is 0 Å². The average Bonchev–Trinajstić information content (AvgIpc) is 2.87. The third kappa shape index (κ3) is 5.30. The number of hydrogen-bond donors (Lipinski definition) is 0. The van der Waals surface area contributed by atoms with Gasteiger partial charge in [0.2, 0.25) is 0 Å². The molecule has 2 heterocycles. The molecule has 2 aliphatic heterocycles. The van der Waals surface area contributed by atoms with E-state index < -0.39 is 0 Å². The Balaban J connectivity index is 1.38. The van der Waals surface area contributed by atoms with Crippen molar-refractivity contribution in [2.45, 2.75) is 11.4 Å². The van der Waals surface area contributed by atoms with E-state index in [1.807, 2.05) is 83.8 Å². The number of piperazine rings is 1. The van der Waals surface area contributed by atoms with Crippen molar-refractivity contribution in [2.24, 2.45) is 0 Å². The molecule has 3 aromatic rings. The van der Waals surface area contributed by atoms with Crippen LogP contribution in [0.25, 0.3) is 6.08 Å². The van der Waals surface area contributed by atoms with Crippen molar-refractivity contribution in [2.75, 3.05) is 38.1 Å². The fourth-order valence-corrected chi connectivity index (χ4v) is 5.57. The Morgan fingerprint density at radius 1 is 0.971 bits per heavy atom. The number of carbonyl (C=O) groups is 2. The number of benzene rings is 3. The largest absolute Gasteiger partial charge is 0.336 e. The van der Waals surface area contributed by atoms with E-state index in [2.05, 4.69) is 11.9 Å². The topological polar surface area (TPSA) is 43.9 Å². The highest BCUT2D eigenvalue weighted by molar-refractivity contribution is 8.04. The number of thioether (sulfide) groups is 1. The molecule has 0 saturated carbocycles. The Kier molecular flexibility index (Phi) is 6.95. The summed E-state index contributed by atoms with van der Waals surface area (Å²) in [6.45, 7) is 3.71. The normalized spacial score (nSPS) is 17.5. The molecule has 0 aliphatic carbocycles. The molecule has 5 nitrogen and oxygen atoms in total. The Morgan fingerprint density at radius 2 is 1.71 bits per heavy atom. The summed E-state index contributed by atoms with van der Waals surface area (Å²) in [6, 6.07) is 23.0. The lowest BCUT2D eigenvalue weighted by atomic mass is 10.1. The molecule has 2 aliphatic rings. The van der Waals surface area contributed by atoms with E-state index in [1.165, 1.54) is 11.8 Å². The van der Waals surface area contributed by atoms with E-state index in [4.69, 9.17) is 11.6 Å². The Morgan fingerprint density at radius 3 is 2.46 bits per heavy atom. The second-order valence-corrected chi connectivity index (χ2v) is 10.3. The van der Waals surface area contributed by atoms with E-state index in [0.29, 0.717) is 22.0 Å². The van der Waals surface area contributed by atoms with Gasteiger partial charge in [-0.3, -0.25) is 9.59 Å². The number of fused-ring (bicyclic) bond motifs is 1. The molecule has 0 atom stereocenters. The molecule has 3 aromatic carbocycles. The summed E-state index contributed by atoms with van der Waals surface area (Å²) >= 11 is 7.65. The van der Waals surface area contributed by atoms with Gasteiger partial charge in [-0.05, 0) is 60.6 Å². The first-order valence-electron chi connectivity index (χ1n) is 11.6. The van der Waals surface area contributed by atoms with E-state index in [1.54, 1.807) is 4.90 Å². The standard InChI is InChI=1S/C28H26ClN3O2S/c1-30-13-15-31(16-14-30)27(33)22-11-9-20(10-12-22)18-26-28(34)32(19-21-5-4-6-23(29)17-21)24-7-2-3-8-25(24)35-26/h2-12,17-18H,13-16,19H2,1H3. The lowest BCUT2D eigenvalue weighted by molar-refractivity contribution is -0.114. The van der Waals surface area contributed by atoms with E-state index in [0.717, 1.165) is 47.9 Å². The minimum atomic E-state index is -0.0498. The van der Waals surface area contributed by atoms with Crippen molar-refractivity contribution >= 4 is 46.9 Å². The van der Waals surface area contributed by atoms with Crippen LogP contribution in [-0.4, -0.2) is 54.8 Å². The maximum Gasteiger partial charge on any atom is 0.265 e. The summed E-state index contributed by atoms with van der Waals surface area (Å²) in [6.07, 6.45) is 1.90. The van der Waals surface area contributed by atoms with Crippen LogP contribution in [0.4, 0.5) is 5.69 Å². The molecule has 0 bridgehead atoms. The average molecular weight is 504 g/mol. The molecule has 0 unspecified atom stereocenters. The van der Waals surface area contributed by atoms with Crippen LogP contribution in [-0.2, 0) is 11.3 Å². The summed E-state index contributed by atoms with van der Waals surface area (Å²) < 4.78 is 0. The molecule has 1 saturated heterocycles. The van der Waals surface area contributed by atoms with Gasteiger partial charge in [-0.1, -0.05) is 59.8 Å². The number of hydrogen-bond acceptors (Lipinski definition) is 4. The molecule has 0 aromatic heterocycles. The summed E-state index contributed by atoms with van der Waals surface area (Å²) in [7, 11) is 2.07. The first kappa shape index (κ1) is 23.7. The van der Waals surface area contributed by atoms with Crippen LogP contribution >= 0.6 is 23.4 Å². The molecule has 35 heavy (non-hydrogen) atoms. The molecule has 7 heteroatoms. The van der Waals surface area contributed by atoms with Crippen LogP contribution in [0.3, 0.4) is 0 Å². The van der Waals surface area contributed by atoms with Gasteiger partial charge in [-0.25, -0.2) is 0 Å². The SMILES string of the molecule is CN1CCN(C(=O)c2ccc(C=C3Sc4ccccc4N(Cc4cccc(Cl)c4)C3=O)cc2)CC1. The summed E-state index contributed by atoms with van der Waals surface area (Å²) in [4.78, 5) is 34.0. The van der Waals surface area contributed by atoms with Gasteiger partial charge in [-0.2, -0.15) is 0 Å². The molecule has 0 spiro atoms. The van der Waals surface area contributed by atoms with E-state index in [9.17, 15) is 9.59 Å². The van der Waals surface area contributed by atoms with Crippen molar-refractivity contribution in [1.82, 2.24) is 9.80 Å². The number of anilines is 1. The second kappa shape index (κ2) is 10.3. The van der Waals surface area contributed by atoms with Gasteiger partial charge in [0.1, 0.15) is 0 Å². The number of para-hydroxylation sites is 1. The van der Waals surface area contributed by atoms with E-state index >= 15 is 0 Å². The van der Waals surface area contributed by atoms with Crippen LogP contribution in [0.2, 0.25) is 5.02 Å². The van der Waals surface area contributed by atoms with Crippen LogP contribution in [0, 0.1) is 0 Å². The number of carbonyl (C=O) groups excluding carboxylic acids is 2. The number of halogens is 1. The lowest BCUT2D eigenvalue weighted by Gasteiger charge is -2.32. The Hall–Kier alpha value is -3.06. The molecule has 0 N–H and O–H groups in total. The third-order valence-electron chi connectivity index (χ3n) is 6.31. The highest BCUT2D eigenvalue weighted by atomic mass is 35.5. The molecule has 5 rings (SSSR count). The fourth-order valence-electron chi connectivity index (χ4n) is 4.30. The smallest absolute Gasteiger partial charge is 0.265 e. The van der Waals surface area contributed by atoms with Crippen LogP contribution in [0.5, 0.6) is 0 Å². The van der Waals surface area contributed by atoms with Crippen molar-refractivity contribution in [3.8, 4) is 0 Å². The van der Waals surface area contributed by atoms with Crippen molar-refractivity contribution < 1.29 is 9.59 Å². The van der Waals surface area contributed by atoms with Crippen LogP contribution < -0.4 is 4.90 Å². The number of likely N-dealkylation sites (N-methyl/N-ethyl adjacent to an activating group) is 1. The fraction of sp³-hybridized carbons (Fsp3) is 0.214. The summed E-state index contributed by atoms with van der Waals surface area (Å²) in [5.41, 5.74) is 3.43. The van der Waals surface area contributed by atoms with Crippen LogP contribution in [0.15, 0.2) is 82.6 Å². The van der Waals surface area contributed by atoms with Gasteiger partial charge in [-0.15, -0.1) is 0 Å². The Bertz CT molecular complexity index is 1280. The number of amides is 2. The molecule has 178 valence electrons. The van der Waals surface area contributed by atoms with Crippen molar-refractivity contribution in [1.29, 1.82) is 0 Å². The summed E-state index contributed by atoms with van der Waals surface area (Å²) in [5.74, 6) is 0.00769. The zero-order chi connectivity index (χ0) is 24.4. The first-order valence-corrected chi connectivity index (χ1v) is 12.8. The van der Waals surface area contributed by atoms with Gasteiger partial charge in [0.25, 0.3) is 11.8 Å². The van der Waals surface area contributed by atoms with Gasteiger partial charge in [0.05, 0.1) is 17.1 Å². The summed E-state index contributed by atoms with van der Waals surface area (Å²) in [5, 5.41) is 0.650. The lowest BCUT2D eigenvalue weighted by Crippen LogP contribution is -2.47. The zero-order valence-electron chi connectivity index (χ0n) is 19.5. The predicted octanol–water partition coefficient (Wildman–Crippen LogP) is 5.41. The van der Waals surface area contributed by atoms with Gasteiger partial charge in [0.15, 0.2) is 0 Å². The molecule has 1 fully saturated rings. The number of rotatable bonds is 4. The van der Waals surface area contributed by atoms with Gasteiger partial charge in [0, 0.05) is 41.7 Å².